The van der Waals surface area contributed by atoms with Crippen molar-refractivity contribution in [2.45, 2.75) is 13.8 Å². The van der Waals surface area contributed by atoms with E-state index in [1.807, 2.05) is 0 Å². The largest absolute Gasteiger partial charge is 1.00 e. The van der Waals surface area contributed by atoms with Gasteiger partial charge in [-0.25, -0.2) is 13.2 Å². The summed E-state index contributed by atoms with van der Waals surface area (Å²) in [5, 5.41) is 0. The molecule has 0 aromatic rings. The Bertz CT molecular complexity index is 284. The van der Waals surface area contributed by atoms with Gasteiger partial charge in [0, 0.05) is 5.57 Å². The van der Waals surface area contributed by atoms with E-state index >= 15 is 0 Å². The Kier molecular flexibility index (Phi) is 8.31. The molecule has 0 N–H and O–H groups in total. The SMILES string of the molecule is C=C(C)C(=O)OCC.COS(=O)(=O)[O-].[H+]. The third kappa shape index (κ3) is 13.7. The highest BCUT2D eigenvalue weighted by Gasteiger charge is 1.98. The number of ether oxygens (including phenoxy) is 1. The third-order valence-corrected chi connectivity index (χ3v) is 1.24. The fourth-order valence-electron chi connectivity index (χ4n) is 0.254. The maximum Gasteiger partial charge on any atom is 1.00 e. The fourth-order valence-corrected chi connectivity index (χ4v) is 0.254. The number of esters is 1. The molecule has 14 heavy (non-hydrogen) atoms. The predicted octanol–water partition coefficient (Wildman–Crippen LogP) is 0.331. The molecular formula is C7H14O6S. The molecule has 0 spiro atoms. The first-order valence-corrected chi connectivity index (χ1v) is 4.92. The van der Waals surface area contributed by atoms with Crippen LogP contribution in [0.5, 0.6) is 0 Å². The first kappa shape index (κ1) is 15.5. The van der Waals surface area contributed by atoms with Crippen molar-refractivity contribution in [2.24, 2.45) is 0 Å². The van der Waals surface area contributed by atoms with Crippen molar-refractivity contribution >= 4 is 16.4 Å². The summed E-state index contributed by atoms with van der Waals surface area (Å²) in [6.45, 7) is 7.21. The Morgan fingerprint density at radius 3 is 2.00 bits per heavy atom. The Hall–Kier alpha value is -0.920. The molecule has 0 amide bonds. The lowest BCUT2D eigenvalue weighted by Gasteiger charge is -1.98. The van der Waals surface area contributed by atoms with E-state index in [1.54, 1.807) is 13.8 Å². The highest BCUT2D eigenvalue weighted by atomic mass is 32.3. The lowest BCUT2D eigenvalue weighted by atomic mass is 10.4. The molecule has 0 radical (unpaired) electrons. The molecule has 6 nitrogen and oxygen atoms in total. The summed E-state index contributed by atoms with van der Waals surface area (Å²) in [5.41, 5.74) is 0.451. The first-order valence-electron chi connectivity index (χ1n) is 3.58. The van der Waals surface area contributed by atoms with E-state index in [0.29, 0.717) is 12.2 Å². The van der Waals surface area contributed by atoms with Crippen LogP contribution in [-0.4, -0.2) is 32.7 Å². The molecule has 0 rings (SSSR count). The van der Waals surface area contributed by atoms with Crippen molar-refractivity contribution in [2.75, 3.05) is 13.7 Å². The van der Waals surface area contributed by atoms with Gasteiger partial charge in [-0.3, -0.25) is 4.18 Å². The average molecular weight is 226 g/mol. The van der Waals surface area contributed by atoms with E-state index in [9.17, 15) is 17.8 Å². The van der Waals surface area contributed by atoms with Crippen LogP contribution >= 0.6 is 0 Å². The van der Waals surface area contributed by atoms with Crippen LogP contribution in [0, 0.1) is 0 Å². The lowest BCUT2D eigenvalue weighted by Crippen LogP contribution is -2.03. The molecule has 0 aliphatic carbocycles. The van der Waals surface area contributed by atoms with Crippen molar-refractivity contribution in [1.82, 2.24) is 0 Å². The van der Waals surface area contributed by atoms with Crippen molar-refractivity contribution < 1.29 is 28.1 Å². The molecule has 0 aliphatic heterocycles. The van der Waals surface area contributed by atoms with Crippen LogP contribution in [0.4, 0.5) is 0 Å². The predicted molar refractivity (Wildman–Crippen MR) is 49.3 cm³/mol. The molecule has 0 saturated carbocycles. The van der Waals surface area contributed by atoms with Crippen molar-refractivity contribution in [3.63, 3.8) is 0 Å². The maximum atomic E-state index is 10.4. The highest BCUT2D eigenvalue weighted by molar-refractivity contribution is 7.80. The zero-order valence-corrected chi connectivity index (χ0v) is 9.09. The Balaban J connectivity index is -0.000000187. The number of rotatable bonds is 3. The van der Waals surface area contributed by atoms with Crippen LogP contribution in [0.15, 0.2) is 12.2 Å². The van der Waals surface area contributed by atoms with E-state index in [0.717, 1.165) is 7.11 Å². The first-order chi connectivity index (χ1) is 6.24. The van der Waals surface area contributed by atoms with Gasteiger partial charge >= 0.3 is 7.40 Å². The van der Waals surface area contributed by atoms with Gasteiger partial charge in [0.15, 0.2) is 0 Å². The lowest BCUT2D eigenvalue weighted by molar-refractivity contribution is -0.138. The second kappa shape index (κ2) is 7.48. The van der Waals surface area contributed by atoms with Gasteiger partial charge < -0.3 is 9.29 Å². The summed E-state index contributed by atoms with van der Waals surface area (Å²) in [6, 6.07) is 0. The monoisotopic (exact) mass is 226 g/mol. The molecule has 84 valence electrons. The minimum Gasteiger partial charge on any atom is -0.726 e. The van der Waals surface area contributed by atoms with E-state index in [4.69, 9.17) is 0 Å². The number of carbonyl (C=O) groups excluding carboxylic acids is 1. The molecule has 0 bridgehead atoms. The summed E-state index contributed by atoms with van der Waals surface area (Å²) in [7, 11) is -3.60. The number of carbonyl (C=O) groups is 1. The van der Waals surface area contributed by atoms with Gasteiger partial charge in [-0.05, 0) is 13.8 Å². The normalized spacial score (nSPS) is 9.71. The van der Waals surface area contributed by atoms with E-state index in [-0.39, 0.29) is 7.40 Å². The molecule has 0 heterocycles. The van der Waals surface area contributed by atoms with Gasteiger partial charge in [0.2, 0.25) is 10.4 Å². The quantitative estimate of drug-likeness (QED) is 0.298. The fraction of sp³-hybridized carbons (Fsp3) is 0.571. The van der Waals surface area contributed by atoms with Crippen LogP contribution in [-0.2, 0) is 24.1 Å². The van der Waals surface area contributed by atoms with Crippen molar-refractivity contribution in [1.29, 1.82) is 0 Å². The average Bonchev–Trinajstić information content (AvgIpc) is 2.04. The summed E-state index contributed by atoms with van der Waals surface area (Å²) in [6.07, 6.45) is 0. The van der Waals surface area contributed by atoms with Crippen LogP contribution in [0.3, 0.4) is 0 Å². The molecule has 0 fully saturated rings. The van der Waals surface area contributed by atoms with E-state index in [1.165, 1.54) is 0 Å². The zero-order chi connectivity index (χ0) is 11.8. The molecule has 0 aromatic heterocycles. The third-order valence-electron chi connectivity index (χ3n) is 0.828. The van der Waals surface area contributed by atoms with E-state index < -0.39 is 10.4 Å². The minimum atomic E-state index is -4.41. The molecule has 0 unspecified atom stereocenters. The second-order valence-corrected chi connectivity index (χ2v) is 3.23. The topological polar surface area (TPSA) is 92.7 Å². The molecule has 0 atom stereocenters. The van der Waals surface area contributed by atoms with Crippen LogP contribution in [0.1, 0.15) is 15.3 Å². The summed E-state index contributed by atoms with van der Waals surface area (Å²) >= 11 is 0. The summed E-state index contributed by atoms with van der Waals surface area (Å²) in [4.78, 5) is 10.4. The van der Waals surface area contributed by atoms with Gasteiger partial charge in [-0.1, -0.05) is 6.58 Å². The Morgan fingerprint density at radius 2 is 1.93 bits per heavy atom. The minimum absolute atomic E-state index is 0. The van der Waals surface area contributed by atoms with Gasteiger partial charge in [0.25, 0.3) is 0 Å². The van der Waals surface area contributed by atoms with Crippen molar-refractivity contribution in [3.8, 4) is 0 Å². The molecular weight excluding hydrogens is 212 g/mol. The highest BCUT2D eigenvalue weighted by Crippen LogP contribution is 1.89. The van der Waals surface area contributed by atoms with Crippen LogP contribution in [0.2, 0.25) is 0 Å². The van der Waals surface area contributed by atoms with Crippen LogP contribution in [0.25, 0.3) is 0 Å². The summed E-state index contributed by atoms with van der Waals surface area (Å²) < 4.78 is 35.6. The molecule has 0 saturated heterocycles. The Morgan fingerprint density at radius 1 is 1.57 bits per heavy atom. The van der Waals surface area contributed by atoms with Gasteiger partial charge in [0.05, 0.1) is 13.7 Å². The van der Waals surface area contributed by atoms with Gasteiger partial charge in [-0.15, -0.1) is 0 Å². The Labute approximate surface area is 85.0 Å². The second-order valence-electron chi connectivity index (χ2n) is 2.08. The van der Waals surface area contributed by atoms with E-state index in [2.05, 4.69) is 15.5 Å². The van der Waals surface area contributed by atoms with Crippen LogP contribution < -0.4 is 0 Å². The smallest absolute Gasteiger partial charge is 0.726 e. The van der Waals surface area contributed by atoms with Crippen molar-refractivity contribution in [3.05, 3.63) is 12.2 Å². The molecule has 0 aromatic carbocycles. The van der Waals surface area contributed by atoms with Gasteiger partial charge in [-0.2, -0.15) is 0 Å². The molecule has 7 heteroatoms. The maximum absolute atomic E-state index is 10.4. The zero-order valence-electron chi connectivity index (χ0n) is 9.27. The molecule has 0 aliphatic rings. The van der Waals surface area contributed by atoms with Gasteiger partial charge in [0.1, 0.15) is 0 Å². The number of hydrogen-bond acceptors (Lipinski definition) is 6. The summed E-state index contributed by atoms with van der Waals surface area (Å²) in [5.74, 6) is -0.312. The standard InChI is InChI=1S/C6H10O2.CH4O4S/c1-4-8-6(7)5(2)3;1-5-6(2,3)4/h2,4H2,1,3H3;1H3,(H,2,3,4). The number of hydrogen-bond donors (Lipinski definition) is 0.